The van der Waals surface area contributed by atoms with Gasteiger partial charge in [-0.3, -0.25) is 4.98 Å². The van der Waals surface area contributed by atoms with Gasteiger partial charge in [-0.25, -0.2) is 0 Å². The maximum Gasteiger partial charge on any atom is 0.141 e. The van der Waals surface area contributed by atoms with Crippen molar-refractivity contribution in [1.82, 2.24) is 10.3 Å². The number of aliphatic hydroxyl groups is 1. The summed E-state index contributed by atoms with van der Waals surface area (Å²) in [5, 5.41) is 22.1. The summed E-state index contributed by atoms with van der Waals surface area (Å²) in [7, 11) is 0. The second-order valence-corrected chi connectivity index (χ2v) is 3.61. The molecule has 0 saturated heterocycles. The molecule has 0 fully saturated rings. The van der Waals surface area contributed by atoms with Crippen LogP contribution in [0.25, 0.3) is 0 Å². The zero-order valence-electron chi connectivity index (χ0n) is 9.53. The van der Waals surface area contributed by atoms with Gasteiger partial charge in [-0.15, -0.1) is 6.58 Å². The molecular formula is C12H18N2O2. The Kier molecular flexibility index (Phi) is 4.95. The normalized spacial score (nSPS) is 10.4. The summed E-state index contributed by atoms with van der Waals surface area (Å²) in [6, 6.07) is 0. The maximum atomic E-state index is 9.83. The summed E-state index contributed by atoms with van der Waals surface area (Å²) in [6.07, 6.45) is 4.30. The first kappa shape index (κ1) is 12.7. The van der Waals surface area contributed by atoms with Crippen molar-refractivity contribution < 1.29 is 10.2 Å². The highest BCUT2D eigenvalue weighted by atomic mass is 16.3. The van der Waals surface area contributed by atoms with Crippen molar-refractivity contribution in [2.45, 2.75) is 26.5 Å². The third kappa shape index (κ3) is 3.05. The highest BCUT2D eigenvalue weighted by molar-refractivity contribution is 5.40. The average molecular weight is 222 g/mol. The first-order chi connectivity index (χ1) is 7.70. The Morgan fingerprint density at radius 2 is 2.31 bits per heavy atom. The zero-order chi connectivity index (χ0) is 12.0. The fraction of sp³-hybridized carbons (Fsp3) is 0.417. The molecule has 0 bridgehead atoms. The summed E-state index contributed by atoms with van der Waals surface area (Å²) in [4.78, 5) is 4.00. The summed E-state index contributed by atoms with van der Waals surface area (Å²) in [5.41, 5.74) is 1.96. The number of aryl methyl sites for hydroxylation is 1. The second kappa shape index (κ2) is 6.25. The fourth-order valence-electron chi connectivity index (χ4n) is 1.44. The Morgan fingerprint density at radius 3 is 2.94 bits per heavy atom. The van der Waals surface area contributed by atoms with E-state index in [4.69, 9.17) is 5.11 Å². The molecule has 0 unspecified atom stereocenters. The van der Waals surface area contributed by atoms with Crippen LogP contribution in [0.4, 0.5) is 0 Å². The van der Waals surface area contributed by atoms with Crippen LogP contribution < -0.4 is 5.32 Å². The number of rotatable bonds is 6. The minimum absolute atomic E-state index is 0.112. The number of hydrogen-bond acceptors (Lipinski definition) is 4. The van der Waals surface area contributed by atoms with Gasteiger partial charge in [-0.2, -0.15) is 0 Å². The molecule has 0 spiro atoms. The van der Waals surface area contributed by atoms with Crippen LogP contribution >= 0.6 is 0 Å². The van der Waals surface area contributed by atoms with Crippen LogP contribution in [0.15, 0.2) is 18.9 Å². The smallest absolute Gasteiger partial charge is 0.141 e. The predicted octanol–water partition coefficient (Wildman–Crippen LogP) is 1.25. The quantitative estimate of drug-likeness (QED) is 0.500. The second-order valence-electron chi connectivity index (χ2n) is 3.61. The summed E-state index contributed by atoms with van der Waals surface area (Å²) < 4.78 is 0. The molecule has 0 aliphatic carbocycles. The maximum absolute atomic E-state index is 9.83. The van der Waals surface area contributed by atoms with Gasteiger partial charge < -0.3 is 15.5 Å². The highest BCUT2D eigenvalue weighted by Crippen LogP contribution is 2.23. The summed E-state index contributed by atoms with van der Waals surface area (Å²) >= 11 is 0. The highest BCUT2D eigenvalue weighted by Gasteiger charge is 2.10. The van der Waals surface area contributed by atoms with Crippen molar-refractivity contribution in [3.63, 3.8) is 0 Å². The third-order valence-corrected chi connectivity index (χ3v) is 2.43. The van der Waals surface area contributed by atoms with Gasteiger partial charge in [0.2, 0.25) is 0 Å². The van der Waals surface area contributed by atoms with E-state index >= 15 is 0 Å². The van der Waals surface area contributed by atoms with Crippen LogP contribution in [-0.4, -0.2) is 21.7 Å². The Hall–Kier alpha value is -1.39. The summed E-state index contributed by atoms with van der Waals surface area (Å²) in [6.45, 7) is 6.59. The van der Waals surface area contributed by atoms with Gasteiger partial charge in [0.25, 0.3) is 0 Å². The van der Waals surface area contributed by atoms with Crippen LogP contribution in [0.5, 0.6) is 5.75 Å². The SMILES string of the molecule is C=CCCNCc1c(CO)cnc(C)c1O. The van der Waals surface area contributed by atoms with Crippen molar-refractivity contribution in [3.8, 4) is 5.75 Å². The van der Waals surface area contributed by atoms with Gasteiger partial charge in [0.05, 0.1) is 12.3 Å². The number of aromatic nitrogens is 1. The van der Waals surface area contributed by atoms with Gasteiger partial charge in [0.1, 0.15) is 5.75 Å². The minimum atomic E-state index is -0.112. The van der Waals surface area contributed by atoms with E-state index in [1.807, 2.05) is 6.08 Å². The monoisotopic (exact) mass is 222 g/mol. The van der Waals surface area contributed by atoms with Gasteiger partial charge in [-0.05, 0) is 19.9 Å². The molecule has 1 rings (SSSR count). The Balaban J connectivity index is 2.75. The molecule has 1 heterocycles. The lowest BCUT2D eigenvalue weighted by Crippen LogP contribution is -2.16. The molecule has 0 saturated carbocycles. The van der Waals surface area contributed by atoms with E-state index in [2.05, 4.69) is 16.9 Å². The van der Waals surface area contributed by atoms with E-state index in [0.717, 1.165) is 18.5 Å². The number of nitrogens with one attached hydrogen (secondary N) is 1. The molecule has 4 heteroatoms. The van der Waals surface area contributed by atoms with Crippen LogP contribution in [0.3, 0.4) is 0 Å². The van der Waals surface area contributed by atoms with Crippen molar-refractivity contribution >= 4 is 0 Å². The van der Waals surface area contributed by atoms with E-state index in [9.17, 15) is 5.11 Å². The van der Waals surface area contributed by atoms with E-state index in [1.165, 1.54) is 0 Å². The van der Waals surface area contributed by atoms with Crippen LogP contribution in [0.1, 0.15) is 23.2 Å². The first-order valence-electron chi connectivity index (χ1n) is 5.29. The molecule has 0 aromatic carbocycles. The van der Waals surface area contributed by atoms with Crippen molar-refractivity contribution in [1.29, 1.82) is 0 Å². The van der Waals surface area contributed by atoms with Gasteiger partial charge in [0.15, 0.2) is 0 Å². The van der Waals surface area contributed by atoms with Crippen LogP contribution in [0.2, 0.25) is 0 Å². The van der Waals surface area contributed by atoms with Gasteiger partial charge in [-0.1, -0.05) is 6.08 Å². The van der Waals surface area contributed by atoms with Crippen LogP contribution in [-0.2, 0) is 13.2 Å². The van der Waals surface area contributed by atoms with Crippen LogP contribution in [0, 0.1) is 6.92 Å². The fourth-order valence-corrected chi connectivity index (χ4v) is 1.44. The minimum Gasteiger partial charge on any atom is -0.506 e. The van der Waals surface area contributed by atoms with Crippen molar-refractivity contribution in [2.24, 2.45) is 0 Å². The molecule has 88 valence electrons. The number of nitrogens with zero attached hydrogens (tertiary/aromatic N) is 1. The standard InChI is InChI=1S/C12H18N2O2/c1-3-4-5-13-7-11-10(8-15)6-14-9(2)12(11)16/h3,6,13,15-16H,1,4-5,7-8H2,2H3. The molecule has 4 nitrogen and oxygen atoms in total. The van der Waals surface area contributed by atoms with E-state index in [-0.39, 0.29) is 12.4 Å². The van der Waals surface area contributed by atoms with Crippen molar-refractivity contribution in [3.05, 3.63) is 35.7 Å². The molecule has 0 radical (unpaired) electrons. The Bertz CT molecular complexity index is 364. The molecule has 0 aliphatic heterocycles. The number of hydrogen-bond donors (Lipinski definition) is 3. The average Bonchev–Trinajstić information content (AvgIpc) is 2.30. The zero-order valence-corrected chi connectivity index (χ0v) is 9.53. The molecule has 1 aromatic rings. The van der Waals surface area contributed by atoms with Gasteiger partial charge in [0, 0.05) is 23.9 Å². The number of pyridine rings is 1. The molecule has 16 heavy (non-hydrogen) atoms. The summed E-state index contributed by atoms with van der Waals surface area (Å²) in [5.74, 6) is 0.164. The third-order valence-electron chi connectivity index (χ3n) is 2.43. The predicted molar refractivity (Wildman–Crippen MR) is 63.1 cm³/mol. The van der Waals surface area contributed by atoms with E-state index in [1.54, 1.807) is 13.1 Å². The lowest BCUT2D eigenvalue weighted by atomic mass is 10.1. The topological polar surface area (TPSA) is 65.4 Å². The molecule has 0 amide bonds. The van der Waals surface area contributed by atoms with Gasteiger partial charge >= 0.3 is 0 Å². The lowest BCUT2D eigenvalue weighted by Gasteiger charge is -2.11. The Labute approximate surface area is 95.7 Å². The van der Waals surface area contributed by atoms with E-state index < -0.39 is 0 Å². The molecule has 1 aromatic heterocycles. The molecule has 3 N–H and O–H groups in total. The number of aromatic hydroxyl groups is 1. The van der Waals surface area contributed by atoms with E-state index in [0.29, 0.717) is 17.8 Å². The van der Waals surface area contributed by atoms with Crippen molar-refractivity contribution in [2.75, 3.05) is 6.54 Å². The first-order valence-corrected chi connectivity index (χ1v) is 5.29. The molecular weight excluding hydrogens is 204 g/mol. The molecule has 0 atom stereocenters. The number of aliphatic hydroxyl groups excluding tert-OH is 1. The molecule has 0 aliphatic rings. The Morgan fingerprint density at radius 1 is 1.56 bits per heavy atom. The largest absolute Gasteiger partial charge is 0.506 e. The lowest BCUT2D eigenvalue weighted by molar-refractivity contribution is 0.278.